The number of carbonyl (C=O) groups excluding carboxylic acids is 5. The summed E-state index contributed by atoms with van der Waals surface area (Å²) in [5.41, 5.74) is 0.0482. The third kappa shape index (κ3) is 20.9. The first kappa shape index (κ1) is 81.4. The predicted octanol–water partition coefficient (Wildman–Crippen LogP) is -6.72. The van der Waals surface area contributed by atoms with E-state index in [9.17, 15) is 90.4 Å². The van der Waals surface area contributed by atoms with Gasteiger partial charge >= 0.3 is 0 Å². The van der Waals surface area contributed by atoms with Crippen molar-refractivity contribution in [3.05, 3.63) is 42.0 Å². The molecular weight excluding hydrogens is 1320 g/mol. The van der Waals surface area contributed by atoms with Crippen LogP contribution in [0.15, 0.2) is 36.4 Å². The van der Waals surface area contributed by atoms with Crippen LogP contribution in [0.4, 0.5) is 0 Å². The molecule has 14 unspecified atom stereocenters. The number of carbonyl (C=O) groups is 5. The van der Waals surface area contributed by atoms with E-state index in [-0.39, 0.29) is 5.56 Å². The number of benzene rings is 1. The van der Waals surface area contributed by atoms with E-state index in [4.69, 9.17) is 61.6 Å². The van der Waals surface area contributed by atoms with E-state index in [1.807, 2.05) is 0 Å². The van der Waals surface area contributed by atoms with E-state index in [1.165, 1.54) is 39.0 Å². The molecule has 30 atom stereocenters. The number of aliphatic hydroxyl groups excluding tert-OH is 13. The average Bonchev–Trinajstić information content (AvgIpc) is 0.771. The Hall–Kier alpha value is -4.89. The fourth-order valence-corrected chi connectivity index (χ4v) is 12.7. The molecule has 6 aliphatic rings. The molecule has 7 rings (SSSR count). The van der Waals surface area contributed by atoms with Gasteiger partial charge < -0.3 is 155 Å². The maximum Gasteiger partial charge on any atom is 0.251 e. The molecule has 5 amide bonds. The van der Waals surface area contributed by atoms with Crippen LogP contribution in [0.2, 0.25) is 0 Å². The molecule has 0 radical (unpaired) electrons. The van der Waals surface area contributed by atoms with Gasteiger partial charge in [0.25, 0.3) is 5.91 Å². The van der Waals surface area contributed by atoms with Crippen LogP contribution in [0.1, 0.15) is 96.8 Å². The normalized spacial score (nSPS) is 39.6. The summed E-state index contributed by atoms with van der Waals surface area (Å²) in [5.74, 6) is -3.67. The highest BCUT2D eigenvalue weighted by Gasteiger charge is 2.58. The smallest absolute Gasteiger partial charge is 0.251 e. The molecule has 99 heavy (non-hydrogen) atoms. The first-order valence-electron chi connectivity index (χ1n) is 33.2. The summed E-state index contributed by atoms with van der Waals surface area (Å²) in [6.07, 6.45) is -32.0. The maximum absolute atomic E-state index is 14.0. The Labute approximate surface area is 571 Å². The van der Waals surface area contributed by atoms with Gasteiger partial charge in [0.1, 0.15) is 146 Å². The van der Waals surface area contributed by atoms with Crippen molar-refractivity contribution < 1.29 is 152 Å². The van der Waals surface area contributed by atoms with Gasteiger partial charge in [-0.05, 0) is 50.8 Å². The topological polar surface area (TPSA) is 528 Å². The van der Waals surface area contributed by atoms with Crippen LogP contribution in [0, 0.1) is 0 Å². The lowest BCUT2D eigenvalue weighted by Crippen LogP contribution is -2.72. The minimum atomic E-state index is -2.07. The van der Waals surface area contributed by atoms with E-state index in [0.29, 0.717) is 18.8 Å². The maximum atomic E-state index is 14.0. The van der Waals surface area contributed by atoms with Crippen molar-refractivity contribution in [3.8, 4) is 5.75 Å². The number of aliphatic hydroxyl groups is 13. The number of allylic oxidation sites excluding steroid dienone is 2. The number of rotatable bonds is 32. The highest BCUT2D eigenvalue weighted by atomic mass is 16.8. The Bertz CT molecular complexity index is 2730. The molecule has 18 N–H and O–H groups in total. The van der Waals surface area contributed by atoms with Crippen molar-refractivity contribution in [2.24, 2.45) is 0 Å². The molecule has 0 aromatic heterocycles. The molecule has 0 saturated carbocycles. The van der Waals surface area contributed by atoms with Crippen molar-refractivity contribution in [2.45, 2.75) is 270 Å². The lowest BCUT2D eigenvalue weighted by molar-refractivity contribution is -0.368. The number of methoxy groups -OCH3 is 1. The van der Waals surface area contributed by atoms with Crippen molar-refractivity contribution in [2.75, 3.05) is 46.8 Å². The van der Waals surface area contributed by atoms with E-state index < -0.39 is 246 Å². The quantitative estimate of drug-likeness (QED) is 0.0235. The zero-order chi connectivity index (χ0) is 72.5. The molecule has 6 heterocycles. The largest absolute Gasteiger partial charge is 0.494 e. The van der Waals surface area contributed by atoms with E-state index in [1.54, 1.807) is 12.1 Å². The van der Waals surface area contributed by atoms with Crippen molar-refractivity contribution in [1.29, 1.82) is 0 Å². The van der Waals surface area contributed by atoms with Crippen LogP contribution in [0.25, 0.3) is 0 Å². The third-order valence-corrected chi connectivity index (χ3v) is 17.8. The molecule has 0 spiro atoms. The van der Waals surface area contributed by atoms with Gasteiger partial charge in [0, 0.05) is 40.4 Å². The van der Waals surface area contributed by atoms with Crippen molar-refractivity contribution >= 4 is 29.5 Å². The van der Waals surface area contributed by atoms with Crippen LogP contribution in [0.5, 0.6) is 5.75 Å². The fourth-order valence-electron chi connectivity index (χ4n) is 12.7. The number of ether oxygens (including phenoxy) is 13. The Morgan fingerprint density at radius 2 is 0.899 bits per heavy atom. The molecular formula is C63H101N5O31. The van der Waals surface area contributed by atoms with Crippen LogP contribution in [-0.2, 0) is 76.0 Å². The van der Waals surface area contributed by atoms with Crippen LogP contribution >= 0.6 is 0 Å². The number of unbranched alkanes of at least 4 members (excludes halogenated alkanes) is 5. The minimum absolute atomic E-state index is 0.0482. The van der Waals surface area contributed by atoms with Crippen molar-refractivity contribution in [1.82, 2.24) is 26.6 Å². The Kier molecular flexibility index (Phi) is 31.7. The van der Waals surface area contributed by atoms with E-state index in [2.05, 4.69) is 45.7 Å². The van der Waals surface area contributed by atoms with Gasteiger partial charge in [-0.15, -0.1) is 0 Å². The summed E-state index contributed by atoms with van der Waals surface area (Å²) in [7, 11) is 1.21. The van der Waals surface area contributed by atoms with Gasteiger partial charge in [0.15, 0.2) is 37.7 Å². The zero-order valence-corrected chi connectivity index (χ0v) is 56.1. The van der Waals surface area contributed by atoms with E-state index >= 15 is 0 Å². The molecule has 564 valence electrons. The molecule has 6 fully saturated rings. The summed E-state index contributed by atoms with van der Waals surface area (Å²) < 4.78 is 77.9. The molecule has 0 bridgehead atoms. The zero-order valence-electron chi connectivity index (χ0n) is 56.1. The van der Waals surface area contributed by atoms with Crippen LogP contribution < -0.4 is 31.3 Å². The molecule has 1 aromatic carbocycles. The van der Waals surface area contributed by atoms with Crippen molar-refractivity contribution in [3.63, 3.8) is 0 Å². The number of nitrogens with one attached hydrogen (secondary N) is 5. The second kappa shape index (κ2) is 38.6. The molecule has 36 nitrogen and oxygen atoms in total. The van der Waals surface area contributed by atoms with E-state index in [0.717, 1.165) is 53.4 Å². The second-order valence-corrected chi connectivity index (χ2v) is 25.3. The summed E-state index contributed by atoms with van der Waals surface area (Å²) in [6, 6.07) is -2.45. The van der Waals surface area contributed by atoms with Crippen LogP contribution in [0.3, 0.4) is 0 Å². The van der Waals surface area contributed by atoms with Gasteiger partial charge in [-0.2, -0.15) is 0 Å². The first-order valence-corrected chi connectivity index (χ1v) is 33.2. The SMILES string of the molecule is CCCCCC/C=C\CCCOc1cccc(C(=O)N[C@@H]2C(O[C@H]3C(O)C(NC(C)=O)[C@H](OC4C(CO)O[C@@H](O[C@H]5C(O)C(NC(C)=O)C(OC6C(CO[C@@H]7OC(C)C(O)[C@H](O)[C@H]7OC)OC(O)[C@@H](NC(C)=O)[C@H]6O)O[C@H]5CO)[C@@H](NC(C)=O)[C@H]4O)O[C@H]3CO)OC(CO)[C@@H](O)[C@@H]2O)c1. The number of hydrogen-bond acceptors (Lipinski definition) is 31. The molecule has 36 heteroatoms. The predicted molar refractivity (Wildman–Crippen MR) is 333 cm³/mol. The Balaban J connectivity index is 1.07. The van der Waals surface area contributed by atoms with Gasteiger partial charge in [0.05, 0.1) is 45.7 Å². The van der Waals surface area contributed by atoms with Gasteiger partial charge in [-0.1, -0.05) is 44.4 Å². The standard InChI is InChI=1S/C63H101N5O31/c1-8-9-10-11-12-13-14-15-16-20-88-33-19-17-18-32(21-33)57(85)68-40-46(79)45(78)34(22-69)92-59(40)96-52-35(23-70)93-60(41(48(52)81)65-29(4)74)97-53-36(24-71)94-61(42(49(53)82)66-30(5)75)98-54-37(25-72)95-62(43(50(54)83)67-31(6)76)99-55-38(91-58(86)39(47(55)80)64-28(3)73)26-89-63-56(87-7)51(84)44(77)27(2)90-63/h13-14,17-19,21,27,34-56,58-63,69-72,77-84,86H,8-12,15-16,20,22-26H2,1-7H3,(H,64,73)(H,65,74)(H,66,75)(H,67,76)(H,68,85)/b14-13-/t27?,34?,35-,36?,37-,38?,39-,40-,41?,42-,43?,44?,45+,46+,47+,48?,49+,50?,51-,52+,53?,54+,55?,56+,58?,59?,60-,61-,62?,63+/m0/s1. The Morgan fingerprint density at radius 1 is 0.465 bits per heavy atom. The highest BCUT2D eigenvalue weighted by molar-refractivity contribution is 5.94. The molecule has 1 aromatic rings. The molecule has 0 aliphatic carbocycles. The monoisotopic (exact) mass is 1420 g/mol. The Morgan fingerprint density at radius 3 is 1.35 bits per heavy atom. The average molecular weight is 1420 g/mol. The lowest BCUT2D eigenvalue weighted by atomic mass is 9.93. The fraction of sp³-hybridized carbons (Fsp3) is 0.794. The summed E-state index contributed by atoms with van der Waals surface area (Å²) in [5, 5.41) is 158. The summed E-state index contributed by atoms with van der Waals surface area (Å²) >= 11 is 0. The molecule has 6 saturated heterocycles. The summed E-state index contributed by atoms with van der Waals surface area (Å²) in [4.78, 5) is 65.1. The highest BCUT2D eigenvalue weighted by Crippen LogP contribution is 2.37. The summed E-state index contributed by atoms with van der Waals surface area (Å²) in [6.45, 7) is 3.52. The second-order valence-electron chi connectivity index (χ2n) is 25.3. The van der Waals surface area contributed by atoms with Gasteiger partial charge in [0.2, 0.25) is 23.6 Å². The van der Waals surface area contributed by atoms with Gasteiger partial charge in [-0.25, -0.2) is 0 Å². The minimum Gasteiger partial charge on any atom is -0.494 e. The lowest BCUT2D eigenvalue weighted by Gasteiger charge is -2.51. The van der Waals surface area contributed by atoms with Gasteiger partial charge in [-0.3, -0.25) is 24.0 Å². The van der Waals surface area contributed by atoms with Crippen LogP contribution in [-0.4, -0.2) is 327 Å². The number of amides is 5. The first-order chi connectivity index (χ1) is 47.2. The third-order valence-electron chi connectivity index (χ3n) is 17.8. The molecule has 6 aliphatic heterocycles. The number of hydrogen-bond donors (Lipinski definition) is 18.